The van der Waals surface area contributed by atoms with Gasteiger partial charge in [0, 0.05) is 63.9 Å². The van der Waals surface area contributed by atoms with E-state index in [9.17, 15) is 5.11 Å². The quantitative estimate of drug-likeness (QED) is 0.132. The van der Waals surface area contributed by atoms with Crippen molar-refractivity contribution < 1.29 is 19.3 Å². The molecule has 4 saturated carbocycles. The van der Waals surface area contributed by atoms with E-state index < -0.39 is 6.10 Å². The average molecular weight is 809 g/mol. The summed E-state index contributed by atoms with van der Waals surface area (Å²) in [6.45, 7) is 6.34. The van der Waals surface area contributed by atoms with Gasteiger partial charge in [-0.1, -0.05) is 112 Å². The van der Waals surface area contributed by atoms with Gasteiger partial charge in [0.05, 0.1) is 36.5 Å². The van der Waals surface area contributed by atoms with E-state index in [0.29, 0.717) is 29.6 Å². The van der Waals surface area contributed by atoms with Crippen LogP contribution in [-0.4, -0.2) is 59.0 Å². The van der Waals surface area contributed by atoms with E-state index >= 15 is 0 Å². The summed E-state index contributed by atoms with van der Waals surface area (Å²) in [5, 5.41) is 17.6. The number of rotatable bonds is 11. The van der Waals surface area contributed by atoms with E-state index in [1.54, 1.807) is 0 Å². The lowest BCUT2D eigenvalue weighted by Gasteiger charge is -2.47. The molecule has 2 aromatic heterocycles. The molecule has 4 aliphatic carbocycles. The van der Waals surface area contributed by atoms with Crippen molar-refractivity contribution in [3.63, 3.8) is 0 Å². The number of hydrogen-bond acceptors (Lipinski definition) is 4. The standard InChI is InChI=1S/C54H68N2O4/c1-35-31-43(53(57)49(33-35)55-45-23-10-4-17-37(45)38-18-5-11-24-46(38)55)41-21-8-14-27-51(41)59-29-16-30-60-52-28-15-9-22-42(52)44-32-36(2)34-50(54(44)58-3)56-47-25-12-6-19-39(47)40-20-7-13-26-48(40)56/h4-7,10-13,17-20,23-26,35-36,41-44,49-54,57H,8-9,14-16,21-22,27-34H2,1-3H3. The first kappa shape index (κ1) is 40.4. The smallest absolute Gasteiger partial charge is 0.0810 e. The number of benzene rings is 4. The molecule has 4 fully saturated rings. The highest BCUT2D eigenvalue weighted by atomic mass is 16.5. The lowest BCUT2D eigenvalue weighted by Crippen LogP contribution is -2.47. The fourth-order valence-corrected chi connectivity index (χ4v) is 13.5. The molecule has 0 bridgehead atoms. The number of nitrogens with zero attached hydrogens (tertiary/aromatic N) is 2. The minimum absolute atomic E-state index is 0.0603. The molecule has 0 aliphatic heterocycles. The number of para-hydroxylation sites is 4. The summed E-state index contributed by atoms with van der Waals surface area (Å²) in [5.41, 5.74) is 5.13. The fourth-order valence-electron chi connectivity index (χ4n) is 13.5. The van der Waals surface area contributed by atoms with Crippen LogP contribution in [0, 0.1) is 35.5 Å². The van der Waals surface area contributed by atoms with Gasteiger partial charge in [-0.25, -0.2) is 0 Å². The lowest BCUT2D eigenvalue weighted by atomic mass is 9.66. The summed E-state index contributed by atoms with van der Waals surface area (Å²) in [4.78, 5) is 0. The van der Waals surface area contributed by atoms with Crippen molar-refractivity contribution in [3.8, 4) is 0 Å². The summed E-state index contributed by atoms with van der Waals surface area (Å²) < 4.78 is 25.6. The summed E-state index contributed by atoms with van der Waals surface area (Å²) in [5.74, 6) is 2.75. The van der Waals surface area contributed by atoms with E-state index in [-0.39, 0.29) is 36.3 Å². The molecule has 0 radical (unpaired) electrons. The van der Waals surface area contributed by atoms with Crippen LogP contribution in [0.5, 0.6) is 0 Å². The van der Waals surface area contributed by atoms with Crippen LogP contribution in [0.25, 0.3) is 43.6 Å². The van der Waals surface area contributed by atoms with Gasteiger partial charge in [0.1, 0.15) is 0 Å². The summed E-state index contributed by atoms with van der Waals surface area (Å²) in [6, 6.07) is 35.8. The van der Waals surface area contributed by atoms with E-state index in [4.69, 9.17) is 14.2 Å². The highest BCUT2D eigenvalue weighted by Crippen LogP contribution is 2.50. The Morgan fingerprint density at radius 2 is 0.900 bits per heavy atom. The molecule has 6 nitrogen and oxygen atoms in total. The maximum absolute atomic E-state index is 12.4. The number of aromatic nitrogens is 2. The topological polar surface area (TPSA) is 57.8 Å². The van der Waals surface area contributed by atoms with Crippen molar-refractivity contribution in [2.75, 3.05) is 20.3 Å². The Labute approximate surface area is 357 Å². The molecule has 12 atom stereocenters. The van der Waals surface area contributed by atoms with E-state index in [1.807, 2.05) is 7.11 Å². The van der Waals surface area contributed by atoms with Crippen LogP contribution in [-0.2, 0) is 14.2 Å². The van der Waals surface area contributed by atoms with Gasteiger partial charge < -0.3 is 28.5 Å². The number of methoxy groups -OCH3 is 1. The van der Waals surface area contributed by atoms with Crippen LogP contribution in [0.2, 0.25) is 0 Å². The van der Waals surface area contributed by atoms with E-state index in [0.717, 1.165) is 58.2 Å². The van der Waals surface area contributed by atoms with Crippen molar-refractivity contribution in [1.82, 2.24) is 9.13 Å². The highest BCUT2D eigenvalue weighted by Gasteiger charge is 2.46. The van der Waals surface area contributed by atoms with Gasteiger partial charge in [0.2, 0.25) is 0 Å². The van der Waals surface area contributed by atoms with E-state index in [1.165, 1.54) is 82.1 Å². The van der Waals surface area contributed by atoms with Gasteiger partial charge >= 0.3 is 0 Å². The fraction of sp³-hybridized carbons (Fsp3) is 0.556. The molecule has 12 unspecified atom stereocenters. The average Bonchev–Trinajstić information content (AvgIpc) is 3.80. The molecule has 0 spiro atoms. The molecule has 4 aromatic carbocycles. The number of aliphatic hydroxyl groups is 1. The molecule has 4 aliphatic rings. The predicted octanol–water partition coefficient (Wildman–Crippen LogP) is 12.7. The number of fused-ring (bicyclic) bond motifs is 6. The third-order valence-electron chi connectivity index (χ3n) is 16.0. The molecule has 10 rings (SSSR count). The van der Waals surface area contributed by atoms with Crippen LogP contribution >= 0.6 is 0 Å². The minimum Gasteiger partial charge on any atom is -0.391 e. The Hall–Kier alpha value is -3.68. The lowest BCUT2D eigenvalue weighted by molar-refractivity contribution is -0.107. The normalized spacial score (nSPS) is 32.9. The van der Waals surface area contributed by atoms with Crippen molar-refractivity contribution in [2.24, 2.45) is 35.5 Å². The van der Waals surface area contributed by atoms with Gasteiger partial charge in [-0.3, -0.25) is 0 Å². The maximum atomic E-state index is 12.4. The van der Waals surface area contributed by atoms with Crippen molar-refractivity contribution in [2.45, 2.75) is 134 Å². The Morgan fingerprint density at radius 3 is 1.38 bits per heavy atom. The second-order valence-corrected chi connectivity index (χ2v) is 19.7. The molecule has 6 aromatic rings. The van der Waals surface area contributed by atoms with Gasteiger partial charge in [-0.15, -0.1) is 0 Å². The number of hydrogen-bond donors (Lipinski definition) is 1. The van der Waals surface area contributed by atoms with Gasteiger partial charge in [0.15, 0.2) is 0 Å². The maximum Gasteiger partial charge on any atom is 0.0810 e. The summed E-state index contributed by atoms with van der Waals surface area (Å²) in [6.07, 6.45) is 15.1. The third kappa shape index (κ3) is 7.41. The number of ether oxygens (including phenoxy) is 3. The van der Waals surface area contributed by atoms with Crippen molar-refractivity contribution in [1.29, 1.82) is 0 Å². The first-order valence-corrected chi connectivity index (χ1v) is 23.9. The zero-order valence-electron chi connectivity index (χ0n) is 36.3. The van der Waals surface area contributed by atoms with Gasteiger partial charge in [-0.05, 0) is 118 Å². The first-order chi connectivity index (χ1) is 29.5. The molecule has 60 heavy (non-hydrogen) atoms. The molecule has 318 valence electrons. The van der Waals surface area contributed by atoms with Crippen molar-refractivity contribution >= 4 is 43.6 Å². The molecule has 6 heteroatoms. The Balaban J connectivity index is 0.805. The second kappa shape index (κ2) is 17.6. The van der Waals surface area contributed by atoms with E-state index in [2.05, 4.69) is 120 Å². The third-order valence-corrected chi connectivity index (χ3v) is 16.0. The van der Waals surface area contributed by atoms with Crippen LogP contribution < -0.4 is 0 Å². The van der Waals surface area contributed by atoms with Crippen molar-refractivity contribution in [3.05, 3.63) is 97.1 Å². The van der Waals surface area contributed by atoms with Crippen LogP contribution in [0.4, 0.5) is 0 Å². The van der Waals surface area contributed by atoms with Crippen LogP contribution in [0.15, 0.2) is 97.1 Å². The van der Waals surface area contributed by atoms with Gasteiger partial charge in [0.25, 0.3) is 0 Å². The monoisotopic (exact) mass is 809 g/mol. The number of aliphatic hydroxyl groups excluding tert-OH is 1. The Bertz CT molecular complexity index is 2270. The SMILES string of the molecule is COC1C(C2CCCCC2OCCCOC2CCCCC2C2CC(C)CC(n3c4ccccc4c4ccccc43)C2O)CC(C)CC1n1c2ccccc2c2ccccc21. The van der Waals surface area contributed by atoms with Crippen LogP contribution in [0.1, 0.15) is 109 Å². The Kier molecular flexibility index (Phi) is 11.8. The molecular formula is C54H68N2O4. The zero-order chi connectivity index (χ0) is 40.7. The molecule has 0 amide bonds. The predicted molar refractivity (Wildman–Crippen MR) is 246 cm³/mol. The Morgan fingerprint density at radius 1 is 0.500 bits per heavy atom. The molecule has 0 saturated heterocycles. The van der Waals surface area contributed by atoms with Crippen LogP contribution in [0.3, 0.4) is 0 Å². The molecule has 2 heterocycles. The molecular weight excluding hydrogens is 741 g/mol. The summed E-state index contributed by atoms with van der Waals surface area (Å²) in [7, 11) is 1.96. The minimum atomic E-state index is -0.394. The molecule has 1 N–H and O–H groups in total. The largest absolute Gasteiger partial charge is 0.391 e. The first-order valence-electron chi connectivity index (χ1n) is 23.9. The second-order valence-electron chi connectivity index (χ2n) is 19.7. The zero-order valence-corrected chi connectivity index (χ0v) is 36.3. The summed E-state index contributed by atoms with van der Waals surface area (Å²) >= 11 is 0. The van der Waals surface area contributed by atoms with Gasteiger partial charge in [-0.2, -0.15) is 0 Å². The highest BCUT2D eigenvalue weighted by molar-refractivity contribution is 6.09.